The molecule has 0 aliphatic rings. The van der Waals surface area contributed by atoms with Crippen LogP contribution in [0.2, 0.25) is 0 Å². The van der Waals surface area contributed by atoms with Crippen LogP contribution in [0.25, 0.3) is 0 Å². The van der Waals surface area contributed by atoms with Gasteiger partial charge in [-0.3, -0.25) is 4.79 Å². The number of nitrogens with zero attached hydrogens (tertiary/aromatic N) is 2. The summed E-state index contributed by atoms with van der Waals surface area (Å²) in [6.07, 6.45) is -2.70. The van der Waals surface area contributed by atoms with E-state index < -0.39 is 18.1 Å². The van der Waals surface area contributed by atoms with Gasteiger partial charge in [0.05, 0.1) is 18.7 Å². The molecule has 15 heavy (non-hydrogen) atoms. The molecule has 1 aromatic rings. The number of alkyl halides is 2. The zero-order chi connectivity index (χ0) is 11.3. The second kappa shape index (κ2) is 5.33. The largest absolute Gasteiger partial charge is 0.466 e. The molecule has 1 aromatic heterocycles. The summed E-state index contributed by atoms with van der Waals surface area (Å²) in [4.78, 5) is 11.0. The van der Waals surface area contributed by atoms with Crippen LogP contribution >= 0.6 is 0 Å². The molecule has 4 nitrogen and oxygen atoms in total. The van der Waals surface area contributed by atoms with Gasteiger partial charge in [0.15, 0.2) is 0 Å². The Morgan fingerprint density at radius 3 is 2.67 bits per heavy atom. The minimum atomic E-state index is -2.64. The van der Waals surface area contributed by atoms with Gasteiger partial charge in [0.1, 0.15) is 5.69 Å². The van der Waals surface area contributed by atoms with Crippen LogP contribution in [0.1, 0.15) is 24.7 Å². The van der Waals surface area contributed by atoms with Crippen molar-refractivity contribution in [2.45, 2.75) is 19.8 Å². The molecule has 6 heteroatoms. The Labute approximate surface area is 85.3 Å². The Bertz CT molecular complexity index is 327. The van der Waals surface area contributed by atoms with Crippen LogP contribution in [0.15, 0.2) is 12.1 Å². The first-order valence-electron chi connectivity index (χ1n) is 4.39. The summed E-state index contributed by atoms with van der Waals surface area (Å²) in [7, 11) is 0. The van der Waals surface area contributed by atoms with Gasteiger partial charge in [-0.05, 0) is 19.1 Å². The quantitative estimate of drug-likeness (QED) is 0.716. The standard InChI is InChI=1S/C9H10F2N2O2/c1-2-15-8(14)5-6-3-4-7(9(10)11)13-12-6/h3-4,9H,2,5H2,1H3. The van der Waals surface area contributed by atoms with E-state index in [9.17, 15) is 13.6 Å². The SMILES string of the molecule is CCOC(=O)Cc1ccc(C(F)F)nn1. The molecular weight excluding hydrogens is 206 g/mol. The Kier molecular flexibility index (Phi) is 4.08. The molecule has 1 heterocycles. The predicted octanol–water partition coefficient (Wildman–Crippen LogP) is 1.52. The second-order valence-corrected chi connectivity index (χ2v) is 2.73. The van der Waals surface area contributed by atoms with Gasteiger partial charge in [0.2, 0.25) is 0 Å². The minimum absolute atomic E-state index is 0.0512. The lowest BCUT2D eigenvalue weighted by Crippen LogP contribution is -2.09. The zero-order valence-corrected chi connectivity index (χ0v) is 8.11. The predicted molar refractivity (Wildman–Crippen MR) is 47.3 cm³/mol. The summed E-state index contributed by atoms with van der Waals surface area (Å²) in [5, 5.41) is 6.77. The highest BCUT2D eigenvalue weighted by Gasteiger charge is 2.10. The molecule has 0 aliphatic heterocycles. The molecular formula is C9H10F2N2O2. The highest BCUT2D eigenvalue weighted by atomic mass is 19.3. The van der Waals surface area contributed by atoms with Gasteiger partial charge in [-0.15, -0.1) is 5.10 Å². The molecule has 0 amide bonds. The van der Waals surface area contributed by atoms with Gasteiger partial charge in [-0.25, -0.2) is 8.78 Å². The molecule has 82 valence electrons. The molecule has 0 radical (unpaired) electrons. The smallest absolute Gasteiger partial charge is 0.311 e. The number of aromatic nitrogens is 2. The lowest BCUT2D eigenvalue weighted by atomic mass is 10.3. The van der Waals surface area contributed by atoms with Crippen molar-refractivity contribution in [3.8, 4) is 0 Å². The summed E-state index contributed by atoms with van der Waals surface area (Å²) < 4.78 is 28.8. The average molecular weight is 216 g/mol. The summed E-state index contributed by atoms with van der Waals surface area (Å²) in [6, 6.07) is 2.48. The molecule has 1 rings (SSSR count). The van der Waals surface area contributed by atoms with Gasteiger partial charge in [0, 0.05) is 0 Å². The number of esters is 1. The van der Waals surface area contributed by atoms with Crippen LogP contribution in [0.5, 0.6) is 0 Å². The number of carbonyl (C=O) groups is 1. The second-order valence-electron chi connectivity index (χ2n) is 2.73. The highest BCUT2D eigenvalue weighted by Crippen LogP contribution is 2.14. The van der Waals surface area contributed by atoms with E-state index in [4.69, 9.17) is 0 Å². The Balaban J connectivity index is 2.60. The Hall–Kier alpha value is -1.59. The first-order chi connectivity index (χ1) is 7.13. The molecule has 0 N–H and O–H groups in total. The number of hydrogen-bond donors (Lipinski definition) is 0. The minimum Gasteiger partial charge on any atom is -0.466 e. The van der Waals surface area contributed by atoms with Gasteiger partial charge in [-0.1, -0.05) is 0 Å². The lowest BCUT2D eigenvalue weighted by molar-refractivity contribution is -0.142. The molecule has 0 saturated heterocycles. The van der Waals surface area contributed by atoms with Crippen molar-refractivity contribution in [3.63, 3.8) is 0 Å². The number of halogens is 2. The van der Waals surface area contributed by atoms with Crippen LogP contribution in [0, 0.1) is 0 Å². The Morgan fingerprint density at radius 2 is 2.20 bits per heavy atom. The topological polar surface area (TPSA) is 52.1 Å². The van der Waals surface area contributed by atoms with Gasteiger partial charge in [0.25, 0.3) is 6.43 Å². The van der Waals surface area contributed by atoms with E-state index >= 15 is 0 Å². The normalized spacial score (nSPS) is 10.4. The van der Waals surface area contributed by atoms with E-state index in [2.05, 4.69) is 14.9 Å². The van der Waals surface area contributed by atoms with Crippen LogP contribution in [0.4, 0.5) is 8.78 Å². The molecule has 0 aliphatic carbocycles. The molecule has 0 atom stereocenters. The maximum Gasteiger partial charge on any atom is 0.311 e. The summed E-state index contributed by atoms with van der Waals surface area (Å²) >= 11 is 0. The van der Waals surface area contributed by atoms with Crippen LogP contribution in [-0.2, 0) is 16.0 Å². The number of rotatable bonds is 4. The maximum absolute atomic E-state index is 12.1. The summed E-state index contributed by atoms with van der Waals surface area (Å²) in [5.74, 6) is -0.448. The van der Waals surface area contributed by atoms with Crippen molar-refractivity contribution in [1.82, 2.24) is 10.2 Å². The van der Waals surface area contributed by atoms with Crippen molar-refractivity contribution in [2.24, 2.45) is 0 Å². The first kappa shape index (κ1) is 11.5. The third-order valence-electron chi connectivity index (χ3n) is 1.59. The van der Waals surface area contributed by atoms with E-state index in [1.165, 1.54) is 6.07 Å². The number of ether oxygens (including phenoxy) is 1. The maximum atomic E-state index is 12.1. The van der Waals surface area contributed by atoms with E-state index in [1.807, 2.05) is 0 Å². The van der Waals surface area contributed by atoms with Crippen molar-refractivity contribution in [1.29, 1.82) is 0 Å². The number of carbonyl (C=O) groups excluding carboxylic acids is 1. The first-order valence-corrected chi connectivity index (χ1v) is 4.39. The third-order valence-corrected chi connectivity index (χ3v) is 1.59. The van der Waals surface area contributed by atoms with Crippen LogP contribution in [0.3, 0.4) is 0 Å². The van der Waals surface area contributed by atoms with E-state index in [1.54, 1.807) is 6.92 Å². The third kappa shape index (κ3) is 3.57. The van der Waals surface area contributed by atoms with Gasteiger partial charge < -0.3 is 4.74 Å². The van der Waals surface area contributed by atoms with Crippen molar-refractivity contribution in [2.75, 3.05) is 6.61 Å². The van der Waals surface area contributed by atoms with Crippen molar-refractivity contribution < 1.29 is 18.3 Å². The summed E-state index contributed by atoms with van der Waals surface area (Å²) in [6.45, 7) is 1.96. The molecule has 0 aromatic carbocycles. The fourth-order valence-corrected chi connectivity index (χ4v) is 0.941. The van der Waals surface area contributed by atoms with E-state index in [0.29, 0.717) is 5.69 Å². The Morgan fingerprint density at radius 1 is 1.47 bits per heavy atom. The van der Waals surface area contributed by atoms with Crippen LogP contribution in [-0.4, -0.2) is 22.8 Å². The van der Waals surface area contributed by atoms with E-state index in [-0.39, 0.29) is 13.0 Å². The molecule has 0 unspecified atom stereocenters. The van der Waals surface area contributed by atoms with E-state index in [0.717, 1.165) is 6.07 Å². The highest BCUT2D eigenvalue weighted by molar-refractivity contribution is 5.71. The molecule has 0 spiro atoms. The fourth-order valence-electron chi connectivity index (χ4n) is 0.941. The van der Waals surface area contributed by atoms with Gasteiger partial charge >= 0.3 is 5.97 Å². The summed E-state index contributed by atoms with van der Waals surface area (Å²) in [5.41, 5.74) is -0.0829. The average Bonchev–Trinajstić information content (AvgIpc) is 2.18. The van der Waals surface area contributed by atoms with Crippen LogP contribution < -0.4 is 0 Å². The molecule has 0 saturated carbocycles. The van der Waals surface area contributed by atoms with Gasteiger partial charge in [-0.2, -0.15) is 5.10 Å². The lowest BCUT2D eigenvalue weighted by Gasteiger charge is -2.01. The number of hydrogen-bond acceptors (Lipinski definition) is 4. The fraction of sp³-hybridized carbons (Fsp3) is 0.444. The zero-order valence-electron chi connectivity index (χ0n) is 8.11. The molecule has 0 fully saturated rings. The monoisotopic (exact) mass is 216 g/mol. The van der Waals surface area contributed by atoms with Crippen molar-refractivity contribution >= 4 is 5.97 Å². The molecule has 0 bridgehead atoms. The van der Waals surface area contributed by atoms with Crippen molar-refractivity contribution in [3.05, 3.63) is 23.5 Å².